The Morgan fingerprint density at radius 1 is 1.06 bits per heavy atom. The standard InChI is InChI=1S/C27H28N6OS/c1-3-25(26-29-30-31-33(26)16-20-8-5-4-6-9-20)32(18-23-10-7-13-35-23)17-22-15-21-12-11-19(2)14-24(21)28-27(22)34/h4-15,25H,3,16-18H2,1-2H3,(H,28,34)/t25-/m1/s1. The summed E-state index contributed by atoms with van der Waals surface area (Å²) in [6.07, 6.45) is 0.811. The lowest BCUT2D eigenvalue weighted by atomic mass is 10.1. The molecule has 1 atom stereocenters. The Balaban J connectivity index is 1.50. The molecule has 3 heterocycles. The van der Waals surface area contributed by atoms with Gasteiger partial charge >= 0.3 is 0 Å². The predicted octanol–water partition coefficient (Wildman–Crippen LogP) is 5.09. The second-order valence-electron chi connectivity index (χ2n) is 8.80. The van der Waals surface area contributed by atoms with Gasteiger partial charge < -0.3 is 4.98 Å². The second kappa shape index (κ2) is 10.3. The largest absolute Gasteiger partial charge is 0.322 e. The van der Waals surface area contributed by atoms with E-state index in [1.807, 2.05) is 41.9 Å². The lowest BCUT2D eigenvalue weighted by Crippen LogP contribution is -2.32. The van der Waals surface area contributed by atoms with Crippen LogP contribution in [0.1, 0.15) is 46.8 Å². The Bertz CT molecular complexity index is 1460. The third-order valence-electron chi connectivity index (χ3n) is 6.25. The number of hydrogen-bond donors (Lipinski definition) is 1. The van der Waals surface area contributed by atoms with E-state index in [2.05, 4.69) is 74.1 Å². The Labute approximate surface area is 208 Å². The van der Waals surface area contributed by atoms with Crippen molar-refractivity contribution in [3.05, 3.63) is 110 Å². The number of aromatic amines is 1. The number of benzene rings is 2. The molecule has 178 valence electrons. The number of pyridine rings is 1. The Morgan fingerprint density at radius 3 is 2.69 bits per heavy atom. The van der Waals surface area contributed by atoms with E-state index in [0.29, 0.717) is 19.6 Å². The van der Waals surface area contributed by atoms with Crippen molar-refractivity contribution in [2.75, 3.05) is 0 Å². The molecule has 0 aliphatic heterocycles. The van der Waals surface area contributed by atoms with Crippen molar-refractivity contribution in [1.82, 2.24) is 30.1 Å². The number of tetrazole rings is 1. The molecule has 0 aliphatic rings. The number of fused-ring (bicyclic) bond motifs is 1. The van der Waals surface area contributed by atoms with Gasteiger partial charge in [-0.1, -0.05) is 55.5 Å². The Morgan fingerprint density at radius 2 is 1.91 bits per heavy atom. The molecule has 0 unspecified atom stereocenters. The van der Waals surface area contributed by atoms with Crippen LogP contribution in [-0.4, -0.2) is 30.1 Å². The minimum Gasteiger partial charge on any atom is -0.322 e. The Hall–Kier alpha value is -3.62. The number of rotatable bonds is 9. The van der Waals surface area contributed by atoms with E-state index in [1.165, 1.54) is 4.88 Å². The molecule has 0 spiro atoms. The number of nitrogens with one attached hydrogen (secondary N) is 1. The first-order valence-corrected chi connectivity index (χ1v) is 12.7. The van der Waals surface area contributed by atoms with E-state index < -0.39 is 0 Å². The Kier molecular flexibility index (Phi) is 6.83. The van der Waals surface area contributed by atoms with E-state index >= 15 is 0 Å². The van der Waals surface area contributed by atoms with Gasteiger partial charge in [-0.25, -0.2) is 4.68 Å². The van der Waals surface area contributed by atoms with Gasteiger partial charge in [0, 0.05) is 29.0 Å². The number of aryl methyl sites for hydroxylation is 1. The number of nitrogens with zero attached hydrogens (tertiary/aromatic N) is 5. The van der Waals surface area contributed by atoms with Crippen LogP contribution in [-0.2, 0) is 19.6 Å². The first-order valence-electron chi connectivity index (χ1n) is 11.8. The minimum absolute atomic E-state index is 0.0519. The lowest BCUT2D eigenvalue weighted by molar-refractivity contribution is 0.163. The molecule has 0 aliphatic carbocycles. The molecule has 0 amide bonds. The molecule has 1 N–H and O–H groups in total. The number of aromatic nitrogens is 5. The first-order chi connectivity index (χ1) is 17.1. The highest BCUT2D eigenvalue weighted by molar-refractivity contribution is 7.09. The molecule has 3 aromatic heterocycles. The van der Waals surface area contributed by atoms with E-state index in [9.17, 15) is 4.79 Å². The van der Waals surface area contributed by atoms with E-state index in [-0.39, 0.29) is 11.6 Å². The van der Waals surface area contributed by atoms with Crippen LogP contribution in [0, 0.1) is 6.92 Å². The van der Waals surface area contributed by atoms with Gasteiger partial charge in [0.2, 0.25) is 0 Å². The number of H-pyrrole nitrogens is 1. The molecule has 0 saturated heterocycles. The summed E-state index contributed by atoms with van der Waals surface area (Å²) in [5, 5.41) is 15.9. The number of hydrogen-bond acceptors (Lipinski definition) is 6. The molecule has 5 aromatic rings. The van der Waals surface area contributed by atoms with Gasteiger partial charge in [0.15, 0.2) is 5.82 Å². The monoisotopic (exact) mass is 484 g/mol. The molecule has 0 saturated carbocycles. The second-order valence-corrected chi connectivity index (χ2v) is 9.84. The minimum atomic E-state index is -0.0574. The fraction of sp³-hybridized carbons (Fsp3) is 0.259. The van der Waals surface area contributed by atoms with Crippen LogP contribution in [0.25, 0.3) is 10.9 Å². The van der Waals surface area contributed by atoms with Gasteiger partial charge in [0.25, 0.3) is 5.56 Å². The topological polar surface area (TPSA) is 79.7 Å². The summed E-state index contributed by atoms with van der Waals surface area (Å²) in [5.41, 5.74) is 3.80. The third kappa shape index (κ3) is 5.23. The molecule has 2 aromatic carbocycles. The van der Waals surface area contributed by atoms with Gasteiger partial charge in [0.1, 0.15) is 0 Å². The van der Waals surface area contributed by atoms with Crippen LogP contribution in [0.15, 0.2) is 76.9 Å². The molecule has 0 radical (unpaired) electrons. The van der Waals surface area contributed by atoms with Gasteiger partial charge in [-0.05, 0) is 63.9 Å². The maximum Gasteiger partial charge on any atom is 0.252 e. The normalized spacial score (nSPS) is 12.4. The van der Waals surface area contributed by atoms with Gasteiger partial charge in [-0.15, -0.1) is 16.4 Å². The molecular formula is C27H28N6OS. The van der Waals surface area contributed by atoms with Crippen molar-refractivity contribution < 1.29 is 0 Å². The zero-order valence-electron chi connectivity index (χ0n) is 19.9. The molecule has 0 bridgehead atoms. The average Bonchev–Trinajstić information content (AvgIpc) is 3.53. The van der Waals surface area contributed by atoms with Gasteiger partial charge in [0.05, 0.1) is 12.6 Å². The van der Waals surface area contributed by atoms with Gasteiger partial charge in [-0.3, -0.25) is 9.69 Å². The van der Waals surface area contributed by atoms with Crippen molar-refractivity contribution in [3.8, 4) is 0 Å². The van der Waals surface area contributed by atoms with Crippen LogP contribution in [0.2, 0.25) is 0 Å². The molecule has 35 heavy (non-hydrogen) atoms. The SMILES string of the molecule is CC[C@H](c1nnnn1Cc1ccccc1)N(Cc1cccs1)Cc1cc2ccc(C)cc2[nH]c1=O. The van der Waals surface area contributed by atoms with Crippen LogP contribution in [0.5, 0.6) is 0 Å². The van der Waals surface area contributed by atoms with Crippen LogP contribution in [0.3, 0.4) is 0 Å². The highest BCUT2D eigenvalue weighted by Gasteiger charge is 2.26. The van der Waals surface area contributed by atoms with Crippen molar-refractivity contribution in [2.24, 2.45) is 0 Å². The summed E-state index contributed by atoms with van der Waals surface area (Å²) >= 11 is 1.72. The molecular weight excluding hydrogens is 456 g/mol. The summed E-state index contributed by atoms with van der Waals surface area (Å²) in [6.45, 7) is 5.97. The fourth-order valence-corrected chi connectivity index (χ4v) is 5.23. The molecule has 8 heteroatoms. The molecule has 7 nitrogen and oxygen atoms in total. The summed E-state index contributed by atoms with van der Waals surface area (Å²) < 4.78 is 1.87. The van der Waals surface area contributed by atoms with Crippen molar-refractivity contribution in [1.29, 1.82) is 0 Å². The van der Waals surface area contributed by atoms with Crippen LogP contribution in [0.4, 0.5) is 0 Å². The summed E-state index contributed by atoms with van der Waals surface area (Å²) in [7, 11) is 0. The first kappa shape index (κ1) is 23.1. The quantitative estimate of drug-likeness (QED) is 0.315. The van der Waals surface area contributed by atoms with Gasteiger partial charge in [-0.2, -0.15) is 0 Å². The smallest absolute Gasteiger partial charge is 0.252 e. The van der Waals surface area contributed by atoms with Crippen LogP contribution < -0.4 is 5.56 Å². The summed E-state index contributed by atoms with van der Waals surface area (Å²) in [5.74, 6) is 0.806. The van der Waals surface area contributed by atoms with E-state index in [4.69, 9.17) is 0 Å². The van der Waals surface area contributed by atoms with E-state index in [1.54, 1.807) is 11.3 Å². The third-order valence-corrected chi connectivity index (χ3v) is 7.11. The average molecular weight is 485 g/mol. The van der Waals surface area contributed by atoms with E-state index in [0.717, 1.165) is 39.8 Å². The number of thiophene rings is 1. The highest BCUT2D eigenvalue weighted by Crippen LogP contribution is 2.28. The maximum atomic E-state index is 13.1. The summed E-state index contributed by atoms with van der Waals surface area (Å²) in [6, 6.07) is 22.5. The summed E-state index contributed by atoms with van der Waals surface area (Å²) in [4.78, 5) is 19.7. The van der Waals surface area contributed by atoms with Crippen molar-refractivity contribution in [2.45, 2.75) is 45.9 Å². The zero-order chi connectivity index (χ0) is 24.2. The lowest BCUT2D eigenvalue weighted by Gasteiger charge is -2.30. The molecule has 5 rings (SSSR count). The van der Waals surface area contributed by atoms with Crippen LogP contribution >= 0.6 is 11.3 Å². The molecule has 0 fully saturated rings. The van der Waals surface area contributed by atoms with Crippen molar-refractivity contribution in [3.63, 3.8) is 0 Å². The fourth-order valence-electron chi connectivity index (χ4n) is 4.50. The highest BCUT2D eigenvalue weighted by atomic mass is 32.1. The van der Waals surface area contributed by atoms with Crippen molar-refractivity contribution >= 4 is 22.2 Å². The predicted molar refractivity (Wildman–Crippen MR) is 139 cm³/mol. The maximum absolute atomic E-state index is 13.1. The zero-order valence-corrected chi connectivity index (χ0v) is 20.7.